The van der Waals surface area contributed by atoms with Gasteiger partial charge in [0, 0.05) is 23.2 Å². The number of carbonyl (C=O) groups excluding carboxylic acids is 1. The summed E-state index contributed by atoms with van der Waals surface area (Å²) >= 11 is 3.29. The van der Waals surface area contributed by atoms with Crippen LogP contribution in [0.2, 0.25) is 0 Å². The molecular formula is C16H18BrFN2O2. The summed E-state index contributed by atoms with van der Waals surface area (Å²) in [5.74, 6) is -0.160. The van der Waals surface area contributed by atoms with Gasteiger partial charge in [0.25, 0.3) is 0 Å². The molecule has 1 saturated carbocycles. The maximum atomic E-state index is 14.1. The number of anilines is 1. The van der Waals surface area contributed by atoms with Crippen LogP contribution in [0.1, 0.15) is 38.2 Å². The topological polar surface area (TPSA) is 50.7 Å². The molecule has 0 saturated heterocycles. The second kappa shape index (κ2) is 6.36. The first-order chi connectivity index (χ1) is 10.5. The Morgan fingerprint density at radius 3 is 2.77 bits per heavy atom. The number of fused-ring (bicyclic) bond motifs is 1. The van der Waals surface area contributed by atoms with Gasteiger partial charge in [-0.2, -0.15) is 0 Å². The molecule has 2 aliphatic rings. The average Bonchev–Trinajstić information content (AvgIpc) is 2.47. The molecule has 0 amide bonds. The van der Waals surface area contributed by atoms with Crippen LogP contribution in [0.15, 0.2) is 21.6 Å². The van der Waals surface area contributed by atoms with E-state index in [-0.39, 0.29) is 24.1 Å². The van der Waals surface area contributed by atoms with Crippen LogP contribution in [0.4, 0.5) is 10.1 Å². The third-order valence-electron chi connectivity index (χ3n) is 4.25. The van der Waals surface area contributed by atoms with Gasteiger partial charge in [-0.1, -0.05) is 15.9 Å². The number of carbonyl (C=O) groups is 1. The largest absolute Gasteiger partial charge is 0.463 e. The predicted molar refractivity (Wildman–Crippen MR) is 86.6 cm³/mol. The number of hydrogen-bond acceptors (Lipinski definition) is 4. The molecule has 6 heteroatoms. The van der Waals surface area contributed by atoms with Crippen molar-refractivity contribution in [1.29, 1.82) is 0 Å². The normalized spacial score (nSPS) is 27.0. The van der Waals surface area contributed by atoms with Gasteiger partial charge in [0.1, 0.15) is 18.1 Å². The van der Waals surface area contributed by atoms with Crippen molar-refractivity contribution in [2.75, 3.05) is 5.32 Å². The number of esters is 1. The number of rotatable bonds is 2. The third-order valence-corrected chi connectivity index (χ3v) is 4.71. The van der Waals surface area contributed by atoms with Gasteiger partial charge < -0.3 is 10.1 Å². The Morgan fingerprint density at radius 1 is 1.36 bits per heavy atom. The van der Waals surface area contributed by atoms with Crippen molar-refractivity contribution >= 4 is 33.8 Å². The molecule has 1 heterocycles. The number of aliphatic imine (C=N–C) groups is 1. The van der Waals surface area contributed by atoms with Crippen molar-refractivity contribution < 1.29 is 13.9 Å². The highest BCUT2D eigenvalue weighted by Gasteiger charge is 2.30. The minimum Gasteiger partial charge on any atom is -0.463 e. The van der Waals surface area contributed by atoms with Crippen molar-refractivity contribution in [3.05, 3.63) is 28.0 Å². The lowest BCUT2D eigenvalue weighted by molar-refractivity contribution is -0.148. The van der Waals surface area contributed by atoms with Gasteiger partial charge in [0.05, 0.1) is 5.69 Å². The highest BCUT2D eigenvalue weighted by Crippen LogP contribution is 2.34. The van der Waals surface area contributed by atoms with Crippen LogP contribution in [0.25, 0.3) is 0 Å². The van der Waals surface area contributed by atoms with E-state index < -0.39 is 0 Å². The number of nitrogens with zero attached hydrogens (tertiary/aromatic N) is 1. The fraction of sp³-hybridized carbons (Fsp3) is 0.500. The summed E-state index contributed by atoms with van der Waals surface area (Å²) in [6.45, 7) is 1.44. The third kappa shape index (κ3) is 3.32. The van der Waals surface area contributed by atoms with Gasteiger partial charge in [0.2, 0.25) is 0 Å². The van der Waals surface area contributed by atoms with Gasteiger partial charge in [-0.25, -0.2) is 4.39 Å². The second-order valence-corrected chi connectivity index (χ2v) is 6.78. The smallest absolute Gasteiger partial charge is 0.302 e. The Labute approximate surface area is 137 Å². The van der Waals surface area contributed by atoms with Crippen LogP contribution in [0.5, 0.6) is 0 Å². The molecule has 1 aromatic carbocycles. The Morgan fingerprint density at radius 2 is 2.09 bits per heavy atom. The average molecular weight is 369 g/mol. The molecule has 1 aliphatic heterocycles. The molecule has 0 spiro atoms. The fourth-order valence-electron chi connectivity index (χ4n) is 3.19. The fourth-order valence-corrected chi connectivity index (χ4v) is 3.64. The lowest BCUT2D eigenvalue weighted by Gasteiger charge is -2.34. The van der Waals surface area contributed by atoms with E-state index in [0.717, 1.165) is 31.2 Å². The van der Waals surface area contributed by atoms with Gasteiger partial charge in [0.15, 0.2) is 0 Å². The van der Waals surface area contributed by atoms with Crippen LogP contribution >= 0.6 is 15.9 Å². The van der Waals surface area contributed by atoms with Gasteiger partial charge in [-0.15, -0.1) is 0 Å². The highest BCUT2D eigenvalue weighted by atomic mass is 79.9. The Kier molecular flexibility index (Phi) is 4.47. The van der Waals surface area contributed by atoms with E-state index in [1.54, 1.807) is 6.21 Å². The van der Waals surface area contributed by atoms with Crippen molar-refractivity contribution in [2.24, 2.45) is 10.9 Å². The first-order valence-electron chi connectivity index (χ1n) is 7.49. The van der Waals surface area contributed by atoms with E-state index in [1.807, 2.05) is 6.07 Å². The summed E-state index contributed by atoms with van der Waals surface area (Å²) < 4.78 is 20.0. The molecule has 1 atom stereocenters. The van der Waals surface area contributed by atoms with E-state index in [9.17, 15) is 9.18 Å². The van der Waals surface area contributed by atoms with E-state index >= 15 is 0 Å². The zero-order valence-electron chi connectivity index (χ0n) is 12.3. The van der Waals surface area contributed by atoms with E-state index in [2.05, 4.69) is 26.2 Å². The molecule has 1 aliphatic carbocycles. The molecule has 0 aromatic heterocycles. The Bertz CT molecular complexity index is 612. The molecule has 1 unspecified atom stereocenters. The predicted octanol–water partition coefficient (Wildman–Crippen LogP) is 3.88. The zero-order chi connectivity index (χ0) is 15.7. The monoisotopic (exact) mass is 368 g/mol. The number of ether oxygens (including phenoxy) is 1. The SMILES string of the molecule is CC(=O)OC1CCC(C2N=Cc3cc(Br)cc(F)c3N2)CC1. The lowest BCUT2D eigenvalue weighted by Crippen LogP contribution is -2.35. The van der Waals surface area contributed by atoms with Crippen LogP contribution < -0.4 is 5.32 Å². The second-order valence-electron chi connectivity index (χ2n) is 5.87. The Balaban J connectivity index is 1.65. The van der Waals surface area contributed by atoms with Crippen LogP contribution in [0, 0.1) is 11.7 Å². The molecule has 1 N–H and O–H groups in total. The number of hydrogen-bond donors (Lipinski definition) is 1. The summed E-state index contributed by atoms with van der Waals surface area (Å²) in [4.78, 5) is 15.5. The molecular weight excluding hydrogens is 351 g/mol. The first kappa shape index (κ1) is 15.5. The first-order valence-corrected chi connectivity index (χ1v) is 8.28. The maximum absolute atomic E-state index is 14.1. The van der Waals surface area contributed by atoms with Crippen molar-refractivity contribution in [3.63, 3.8) is 0 Å². The van der Waals surface area contributed by atoms with Crippen molar-refractivity contribution in [2.45, 2.75) is 44.9 Å². The van der Waals surface area contributed by atoms with Crippen molar-refractivity contribution in [1.82, 2.24) is 0 Å². The van der Waals surface area contributed by atoms with E-state index in [4.69, 9.17) is 4.74 Å². The summed E-state index contributed by atoms with van der Waals surface area (Å²) in [6, 6.07) is 3.31. The Hall–Kier alpha value is -1.43. The van der Waals surface area contributed by atoms with E-state index in [1.165, 1.54) is 13.0 Å². The molecule has 118 valence electrons. The summed E-state index contributed by atoms with van der Waals surface area (Å²) in [6.07, 6.45) is 5.16. The number of halogens is 2. The summed E-state index contributed by atoms with van der Waals surface area (Å²) in [7, 11) is 0. The van der Waals surface area contributed by atoms with Gasteiger partial charge in [-0.05, 0) is 43.7 Å². The van der Waals surface area contributed by atoms with Crippen LogP contribution in [-0.4, -0.2) is 24.5 Å². The quantitative estimate of drug-likeness (QED) is 0.805. The number of benzene rings is 1. The minimum atomic E-state index is -0.269. The molecule has 3 rings (SSSR count). The summed E-state index contributed by atoms with van der Waals surface area (Å²) in [5.41, 5.74) is 1.28. The number of nitrogens with one attached hydrogen (secondary N) is 1. The molecule has 0 bridgehead atoms. The van der Waals surface area contributed by atoms with Crippen molar-refractivity contribution in [3.8, 4) is 0 Å². The molecule has 0 radical (unpaired) electrons. The molecule has 1 aromatic rings. The van der Waals surface area contributed by atoms with Crippen LogP contribution in [0.3, 0.4) is 0 Å². The van der Waals surface area contributed by atoms with E-state index in [0.29, 0.717) is 16.1 Å². The minimum absolute atomic E-state index is 0.0151. The zero-order valence-corrected chi connectivity index (χ0v) is 13.9. The molecule has 1 fully saturated rings. The summed E-state index contributed by atoms with van der Waals surface area (Å²) in [5, 5.41) is 3.22. The molecule has 22 heavy (non-hydrogen) atoms. The molecule has 4 nitrogen and oxygen atoms in total. The van der Waals surface area contributed by atoms with Gasteiger partial charge >= 0.3 is 5.97 Å². The highest BCUT2D eigenvalue weighted by molar-refractivity contribution is 9.10. The standard InChI is InChI=1S/C16H18BrFN2O2/c1-9(21)22-13-4-2-10(3-5-13)16-19-8-11-6-12(17)7-14(18)15(11)20-16/h6-8,10,13,16,20H,2-5H2,1H3. The van der Waals surface area contributed by atoms with Gasteiger partial charge in [-0.3, -0.25) is 9.79 Å². The maximum Gasteiger partial charge on any atom is 0.302 e. The lowest BCUT2D eigenvalue weighted by atomic mass is 9.85. The van der Waals surface area contributed by atoms with Crippen LogP contribution in [-0.2, 0) is 9.53 Å².